The zero-order valence-corrected chi connectivity index (χ0v) is 12.3. The van der Waals surface area contributed by atoms with Crippen LogP contribution in [0.4, 0.5) is 19.3 Å². The first-order valence-electron chi connectivity index (χ1n) is 7.37. The number of piperidine rings is 1. The van der Waals surface area contributed by atoms with E-state index in [1.807, 2.05) is 0 Å². The lowest BCUT2D eigenvalue weighted by Crippen LogP contribution is -2.59. The molecule has 2 aliphatic rings. The van der Waals surface area contributed by atoms with Crippen LogP contribution < -0.4 is 4.90 Å². The smallest absolute Gasteiger partial charge is 0.407 e. The Hall–Kier alpha value is -2.44. The Labute approximate surface area is 131 Å². The lowest BCUT2D eigenvalue weighted by Gasteiger charge is -2.49. The molecule has 1 fully saturated rings. The van der Waals surface area contributed by atoms with Crippen LogP contribution in [-0.4, -0.2) is 40.6 Å². The zero-order valence-electron chi connectivity index (χ0n) is 12.3. The Morgan fingerprint density at radius 1 is 1.17 bits per heavy atom. The molecule has 0 aromatic heterocycles. The number of nitrogens with zero attached hydrogens (tertiary/aromatic N) is 2. The van der Waals surface area contributed by atoms with Crippen molar-refractivity contribution >= 4 is 17.7 Å². The van der Waals surface area contributed by atoms with E-state index in [2.05, 4.69) is 0 Å². The largest absolute Gasteiger partial charge is 0.465 e. The maximum absolute atomic E-state index is 13.6. The van der Waals surface area contributed by atoms with Crippen LogP contribution in [0.25, 0.3) is 0 Å². The van der Waals surface area contributed by atoms with Gasteiger partial charge in [0.25, 0.3) is 5.91 Å². The maximum Gasteiger partial charge on any atom is 0.407 e. The van der Waals surface area contributed by atoms with Gasteiger partial charge in [-0.25, -0.2) is 13.6 Å². The summed E-state index contributed by atoms with van der Waals surface area (Å²) in [7, 11) is 0. The molecule has 1 aromatic carbocycles. The molecule has 2 aliphatic heterocycles. The molecule has 1 saturated heterocycles. The van der Waals surface area contributed by atoms with Crippen molar-refractivity contribution < 1.29 is 23.5 Å². The van der Waals surface area contributed by atoms with Crippen LogP contribution in [0, 0.1) is 11.6 Å². The second kappa shape index (κ2) is 5.64. The first-order chi connectivity index (χ1) is 10.9. The zero-order chi connectivity index (χ0) is 16.6. The number of benzene rings is 1. The van der Waals surface area contributed by atoms with Crippen LogP contribution in [0.3, 0.4) is 0 Å². The van der Waals surface area contributed by atoms with Gasteiger partial charge in [-0.2, -0.15) is 0 Å². The van der Waals surface area contributed by atoms with Crippen molar-refractivity contribution in [1.82, 2.24) is 4.90 Å². The number of amides is 2. The van der Waals surface area contributed by atoms with E-state index in [1.54, 1.807) is 6.08 Å². The van der Waals surface area contributed by atoms with Crippen molar-refractivity contribution in [2.45, 2.75) is 24.8 Å². The molecule has 2 heterocycles. The van der Waals surface area contributed by atoms with Crippen molar-refractivity contribution in [3.05, 3.63) is 42.0 Å². The lowest BCUT2D eigenvalue weighted by atomic mass is 9.80. The Balaban J connectivity index is 1.95. The number of carboxylic acid groups (broad SMARTS) is 1. The van der Waals surface area contributed by atoms with Gasteiger partial charge in [-0.15, -0.1) is 0 Å². The topological polar surface area (TPSA) is 60.9 Å². The van der Waals surface area contributed by atoms with Crippen molar-refractivity contribution in [3.63, 3.8) is 0 Å². The molecule has 0 bridgehead atoms. The molecule has 23 heavy (non-hydrogen) atoms. The summed E-state index contributed by atoms with van der Waals surface area (Å²) in [6.45, 7) is 0.604. The van der Waals surface area contributed by atoms with Crippen LogP contribution >= 0.6 is 0 Å². The van der Waals surface area contributed by atoms with Gasteiger partial charge in [0.1, 0.15) is 0 Å². The molecule has 0 unspecified atom stereocenters. The minimum Gasteiger partial charge on any atom is -0.465 e. The molecule has 1 aromatic rings. The monoisotopic (exact) mass is 322 g/mol. The molecule has 5 nitrogen and oxygen atoms in total. The molecular weight excluding hydrogens is 306 g/mol. The fraction of sp³-hybridized carbons (Fsp3) is 0.375. The summed E-state index contributed by atoms with van der Waals surface area (Å²) in [6.07, 6.45) is 3.65. The molecule has 0 radical (unpaired) electrons. The molecule has 0 aliphatic carbocycles. The number of hydrogen-bond donors (Lipinski definition) is 1. The second-order valence-corrected chi connectivity index (χ2v) is 5.87. The van der Waals surface area contributed by atoms with E-state index in [9.17, 15) is 18.4 Å². The number of carbonyl (C=O) groups is 2. The summed E-state index contributed by atoms with van der Waals surface area (Å²) in [5.41, 5.74) is -0.302. The van der Waals surface area contributed by atoms with Gasteiger partial charge >= 0.3 is 6.09 Å². The summed E-state index contributed by atoms with van der Waals surface area (Å²) < 4.78 is 26.7. The third-order valence-electron chi connectivity index (χ3n) is 4.58. The lowest BCUT2D eigenvalue weighted by molar-refractivity contribution is -0.116. The van der Waals surface area contributed by atoms with Gasteiger partial charge in [0.05, 0.1) is 5.54 Å². The van der Waals surface area contributed by atoms with E-state index in [4.69, 9.17) is 5.11 Å². The first kappa shape index (κ1) is 15.5. The average Bonchev–Trinajstić information content (AvgIpc) is 2.51. The van der Waals surface area contributed by atoms with Gasteiger partial charge in [-0.1, -0.05) is 6.08 Å². The van der Waals surface area contributed by atoms with Gasteiger partial charge in [0.15, 0.2) is 11.6 Å². The highest BCUT2D eigenvalue weighted by Gasteiger charge is 2.44. The van der Waals surface area contributed by atoms with Crippen molar-refractivity contribution in [3.8, 4) is 0 Å². The summed E-state index contributed by atoms with van der Waals surface area (Å²) in [4.78, 5) is 26.2. The van der Waals surface area contributed by atoms with E-state index in [0.717, 1.165) is 12.1 Å². The summed E-state index contributed by atoms with van der Waals surface area (Å²) in [5.74, 6) is -2.28. The molecule has 122 valence electrons. The molecule has 0 atom stereocenters. The highest BCUT2D eigenvalue weighted by molar-refractivity contribution is 6.03. The second-order valence-electron chi connectivity index (χ2n) is 5.87. The number of carbonyl (C=O) groups excluding carboxylic acids is 1. The molecule has 0 saturated carbocycles. The highest BCUT2D eigenvalue weighted by atomic mass is 19.2. The van der Waals surface area contributed by atoms with Crippen LogP contribution in [0.2, 0.25) is 0 Å². The third kappa shape index (κ3) is 2.67. The van der Waals surface area contributed by atoms with Gasteiger partial charge in [-0.05, 0) is 37.5 Å². The Morgan fingerprint density at radius 2 is 1.87 bits per heavy atom. The van der Waals surface area contributed by atoms with E-state index in [1.165, 1.54) is 21.9 Å². The summed E-state index contributed by atoms with van der Waals surface area (Å²) >= 11 is 0. The minimum absolute atomic E-state index is 0.294. The molecule has 3 rings (SSSR count). The SMILES string of the molecule is O=C(O)N1CCC2(CC=CC(=O)N2c2ccc(F)c(F)c2)CC1. The van der Waals surface area contributed by atoms with Crippen molar-refractivity contribution in [2.24, 2.45) is 0 Å². The Morgan fingerprint density at radius 3 is 2.48 bits per heavy atom. The van der Waals surface area contributed by atoms with E-state index in [-0.39, 0.29) is 5.91 Å². The van der Waals surface area contributed by atoms with Crippen molar-refractivity contribution in [2.75, 3.05) is 18.0 Å². The molecule has 1 spiro atoms. The highest BCUT2D eigenvalue weighted by Crippen LogP contribution is 2.39. The van der Waals surface area contributed by atoms with E-state index >= 15 is 0 Å². The predicted molar refractivity (Wildman–Crippen MR) is 79.2 cm³/mol. The molecular formula is C16H16F2N2O3. The minimum atomic E-state index is -1.01. The number of hydrogen-bond acceptors (Lipinski definition) is 2. The number of halogens is 2. The normalized spacial score (nSPS) is 20.2. The number of likely N-dealkylation sites (tertiary alicyclic amines) is 1. The third-order valence-corrected chi connectivity index (χ3v) is 4.58. The quantitative estimate of drug-likeness (QED) is 0.865. The summed E-state index contributed by atoms with van der Waals surface area (Å²) in [6, 6.07) is 3.38. The maximum atomic E-state index is 13.6. The predicted octanol–water partition coefficient (Wildman–Crippen LogP) is 2.77. The first-order valence-corrected chi connectivity index (χ1v) is 7.37. The fourth-order valence-electron chi connectivity index (χ4n) is 3.35. The van der Waals surface area contributed by atoms with Gasteiger partial charge < -0.3 is 14.9 Å². The van der Waals surface area contributed by atoms with Crippen LogP contribution in [0.15, 0.2) is 30.4 Å². The number of rotatable bonds is 1. The van der Waals surface area contributed by atoms with Crippen LogP contribution in [-0.2, 0) is 4.79 Å². The number of anilines is 1. The van der Waals surface area contributed by atoms with E-state index < -0.39 is 23.3 Å². The summed E-state index contributed by atoms with van der Waals surface area (Å²) in [5, 5.41) is 9.07. The van der Waals surface area contributed by atoms with Gasteiger partial charge in [0, 0.05) is 24.8 Å². The fourth-order valence-corrected chi connectivity index (χ4v) is 3.35. The van der Waals surface area contributed by atoms with Crippen molar-refractivity contribution in [1.29, 1.82) is 0 Å². The Bertz CT molecular complexity index is 682. The molecule has 7 heteroatoms. The van der Waals surface area contributed by atoms with Gasteiger partial charge in [0.2, 0.25) is 0 Å². The molecule has 2 amide bonds. The van der Waals surface area contributed by atoms with Crippen LogP contribution in [0.1, 0.15) is 19.3 Å². The molecule has 1 N–H and O–H groups in total. The van der Waals surface area contributed by atoms with Gasteiger partial charge in [-0.3, -0.25) is 4.79 Å². The standard InChI is InChI=1S/C16H16F2N2O3/c17-12-4-3-11(10-13(12)18)20-14(21)2-1-5-16(20)6-8-19(9-7-16)15(22)23/h1-4,10H,5-9H2,(H,22,23). The average molecular weight is 322 g/mol. The Kier molecular flexibility index (Phi) is 3.79. The van der Waals surface area contributed by atoms with E-state index in [0.29, 0.717) is 38.0 Å². The van der Waals surface area contributed by atoms with Crippen LogP contribution in [0.5, 0.6) is 0 Å².